The summed E-state index contributed by atoms with van der Waals surface area (Å²) in [5, 5.41) is 0. The molecule has 0 spiro atoms. The van der Waals surface area contributed by atoms with E-state index in [4.69, 9.17) is 5.73 Å². The van der Waals surface area contributed by atoms with Gasteiger partial charge in [-0.2, -0.15) is 0 Å². The topological polar surface area (TPSA) is 29.3 Å². The summed E-state index contributed by atoms with van der Waals surface area (Å²) >= 11 is 0. The molecule has 0 radical (unpaired) electrons. The third-order valence-corrected chi connectivity index (χ3v) is 3.76. The first-order valence-electron chi connectivity index (χ1n) is 4.94. The maximum absolute atomic E-state index is 5.47. The van der Waals surface area contributed by atoms with E-state index in [2.05, 4.69) is 32.0 Å². The number of hydrogen-bond acceptors (Lipinski definition) is 2. The SMILES string of the molecule is CC(CN(C)CCN)C[SiH](C)C. The van der Waals surface area contributed by atoms with Crippen LogP contribution in [0.15, 0.2) is 0 Å². The van der Waals surface area contributed by atoms with Gasteiger partial charge in [-0.1, -0.05) is 26.1 Å². The molecule has 0 saturated heterocycles. The highest BCUT2D eigenvalue weighted by Gasteiger charge is 2.07. The minimum Gasteiger partial charge on any atom is -0.329 e. The summed E-state index contributed by atoms with van der Waals surface area (Å²) < 4.78 is 0. The summed E-state index contributed by atoms with van der Waals surface area (Å²) in [6.07, 6.45) is 0. The Morgan fingerprint density at radius 3 is 2.42 bits per heavy atom. The van der Waals surface area contributed by atoms with Crippen molar-refractivity contribution in [3.05, 3.63) is 0 Å². The van der Waals surface area contributed by atoms with Crippen molar-refractivity contribution in [3.8, 4) is 0 Å². The maximum atomic E-state index is 5.47. The van der Waals surface area contributed by atoms with Gasteiger partial charge in [0.05, 0.1) is 0 Å². The van der Waals surface area contributed by atoms with Crippen LogP contribution in [0.1, 0.15) is 6.92 Å². The van der Waals surface area contributed by atoms with Crippen molar-refractivity contribution < 1.29 is 0 Å². The van der Waals surface area contributed by atoms with E-state index in [0.29, 0.717) is 0 Å². The fourth-order valence-corrected chi connectivity index (χ4v) is 3.48. The summed E-state index contributed by atoms with van der Waals surface area (Å²) in [5.74, 6) is 0.855. The van der Waals surface area contributed by atoms with E-state index in [-0.39, 0.29) is 8.80 Å². The summed E-state index contributed by atoms with van der Waals surface area (Å²) in [6, 6.07) is 1.45. The standard InChI is InChI=1S/C9H24N2Si/c1-9(8-12(3)4)7-11(2)6-5-10/h9,12H,5-8,10H2,1-4H3. The minimum atomic E-state index is -0.365. The number of nitrogens with two attached hydrogens (primary N) is 1. The van der Waals surface area contributed by atoms with Gasteiger partial charge in [-0.25, -0.2) is 0 Å². The van der Waals surface area contributed by atoms with Crippen molar-refractivity contribution in [2.75, 3.05) is 26.7 Å². The van der Waals surface area contributed by atoms with Gasteiger partial charge in [-0.05, 0) is 13.0 Å². The third kappa shape index (κ3) is 6.82. The lowest BCUT2D eigenvalue weighted by atomic mass is 10.2. The largest absolute Gasteiger partial charge is 0.329 e. The normalized spacial score (nSPS) is 14.2. The van der Waals surface area contributed by atoms with Gasteiger partial charge in [-0.15, -0.1) is 0 Å². The summed E-state index contributed by atoms with van der Waals surface area (Å²) in [6.45, 7) is 10.2. The van der Waals surface area contributed by atoms with Crippen LogP contribution in [0.3, 0.4) is 0 Å². The Morgan fingerprint density at radius 1 is 1.42 bits per heavy atom. The Morgan fingerprint density at radius 2 is 2.00 bits per heavy atom. The lowest BCUT2D eigenvalue weighted by Gasteiger charge is -2.21. The average molecular weight is 188 g/mol. The molecule has 0 aliphatic heterocycles. The molecular weight excluding hydrogens is 164 g/mol. The van der Waals surface area contributed by atoms with Crippen LogP contribution in [0.25, 0.3) is 0 Å². The molecule has 0 rings (SSSR count). The van der Waals surface area contributed by atoms with Crippen LogP contribution < -0.4 is 5.73 Å². The molecule has 12 heavy (non-hydrogen) atoms. The second kappa shape index (κ2) is 6.63. The predicted molar refractivity (Wildman–Crippen MR) is 59.4 cm³/mol. The molecule has 0 heterocycles. The first-order valence-corrected chi connectivity index (χ1v) is 8.07. The van der Waals surface area contributed by atoms with Crippen LogP contribution in [0, 0.1) is 5.92 Å². The van der Waals surface area contributed by atoms with Crippen LogP contribution in [-0.4, -0.2) is 40.4 Å². The number of nitrogens with zero attached hydrogens (tertiary/aromatic N) is 1. The van der Waals surface area contributed by atoms with Gasteiger partial charge in [0.1, 0.15) is 0 Å². The zero-order valence-electron chi connectivity index (χ0n) is 9.01. The molecule has 2 nitrogen and oxygen atoms in total. The van der Waals surface area contributed by atoms with E-state index < -0.39 is 0 Å². The Kier molecular flexibility index (Phi) is 6.71. The minimum absolute atomic E-state index is 0.365. The quantitative estimate of drug-likeness (QED) is 0.630. The van der Waals surface area contributed by atoms with Crippen molar-refractivity contribution in [2.24, 2.45) is 11.7 Å². The van der Waals surface area contributed by atoms with E-state index >= 15 is 0 Å². The average Bonchev–Trinajstić information content (AvgIpc) is 1.84. The summed E-state index contributed by atoms with van der Waals surface area (Å²) in [4.78, 5) is 2.33. The second-order valence-electron chi connectivity index (χ2n) is 4.29. The lowest BCUT2D eigenvalue weighted by Crippen LogP contribution is -2.30. The molecule has 0 aliphatic rings. The van der Waals surface area contributed by atoms with Gasteiger partial charge in [0.25, 0.3) is 0 Å². The van der Waals surface area contributed by atoms with Gasteiger partial charge >= 0.3 is 0 Å². The molecule has 0 aromatic rings. The van der Waals surface area contributed by atoms with Gasteiger partial charge in [0, 0.05) is 28.4 Å². The van der Waals surface area contributed by atoms with Crippen LogP contribution in [0.4, 0.5) is 0 Å². The number of likely N-dealkylation sites (N-methyl/N-ethyl adjacent to an activating group) is 1. The van der Waals surface area contributed by atoms with E-state index in [0.717, 1.165) is 19.0 Å². The zero-order chi connectivity index (χ0) is 9.56. The molecule has 74 valence electrons. The van der Waals surface area contributed by atoms with Crippen LogP contribution in [0.2, 0.25) is 19.1 Å². The highest BCUT2D eigenvalue weighted by molar-refractivity contribution is 6.55. The molecule has 1 atom stereocenters. The first kappa shape index (κ1) is 12.1. The van der Waals surface area contributed by atoms with Gasteiger partial charge in [-0.3, -0.25) is 0 Å². The highest BCUT2D eigenvalue weighted by atomic mass is 28.3. The summed E-state index contributed by atoms with van der Waals surface area (Å²) in [5.41, 5.74) is 5.47. The molecular formula is C9H24N2Si. The van der Waals surface area contributed by atoms with Crippen LogP contribution in [0.5, 0.6) is 0 Å². The number of hydrogen-bond donors (Lipinski definition) is 1. The molecule has 1 unspecified atom stereocenters. The van der Waals surface area contributed by atoms with Gasteiger partial charge in [0.2, 0.25) is 0 Å². The Hall–Kier alpha value is 0.137. The molecule has 3 heteroatoms. The van der Waals surface area contributed by atoms with Gasteiger partial charge in [0.15, 0.2) is 0 Å². The van der Waals surface area contributed by atoms with Crippen molar-refractivity contribution >= 4 is 8.80 Å². The van der Waals surface area contributed by atoms with Crippen molar-refractivity contribution in [2.45, 2.75) is 26.1 Å². The third-order valence-electron chi connectivity index (χ3n) is 2.01. The Labute approximate surface area is 78.7 Å². The molecule has 0 amide bonds. The smallest absolute Gasteiger partial charge is 0.0308 e. The summed E-state index contributed by atoms with van der Waals surface area (Å²) in [7, 11) is 1.79. The molecule has 0 aliphatic carbocycles. The predicted octanol–water partition coefficient (Wildman–Crippen LogP) is 1.000. The number of rotatable bonds is 6. The second-order valence-corrected chi connectivity index (χ2v) is 7.54. The maximum Gasteiger partial charge on any atom is 0.0308 e. The first-order chi connectivity index (χ1) is 5.56. The molecule has 0 aromatic heterocycles. The van der Waals surface area contributed by atoms with Crippen molar-refractivity contribution in [3.63, 3.8) is 0 Å². The van der Waals surface area contributed by atoms with Crippen LogP contribution >= 0.6 is 0 Å². The fraction of sp³-hybridized carbons (Fsp3) is 1.00. The van der Waals surface area contributed by atoms with E-state index in [1.807, 2.05) is 0 Å². The van der Waals surface area contributed by atoms with E-state index in [1.54, 1.807) is 0 Å². The van der Waals surface area contributed by atoms with E-state index in [9.17, 15) is 0 Å². The van der Waals surface area contributed by atoms with Gasteiger partial charge < -0.3 is 10.6 Å². The van der Waals surface area contributed by atoms with Crippen molar-refractivity contribution in [1.29, 1.82) is 0 Å². The van der Waals surface area contributed by atoms with E-state index in [1.165, 1.54) is 12.6 Å². The Bertz CT molecular complexity index is 107. The zero-order valence-corrected chi connectivity index (χ0v) is 10.2. The molecule has 2 N–H and O–H groups in total. The van der Waals surface area contributed by atoms with Crippen LogP contribution in [-0.2, 0) is 0 Å². The Balaban J connectivity index is 3.46. The molecule has 0 fully saturated rings. The fourth-order valence-electron chi connectivity index (χ4n) is 1.72. The highest BCUT2D eigenvalue weighted by Crippen LogP contribution is 2.07. The van der Waals surface area contributed by atoms with Crippen molar-refractivity contribution in [1.82, 2.24) is 4.90 Å². The molecule has 0 aromatic carbocycles. The molecule has 0 saturated carbocycles. The lowest BCUT2D eigenvalue weighted by molar-refractivity contribution is 0.302. The molecule has 0 bridgehead atoms. The monoisotopic (exact) mass is 188 g/mol.